The molecule has 0 aliphatic heterocycles. The number of carboxylic acid groups (broad SMARTS) is 1. The molecule has 0 unspecified atom stereocenters. The molecule has 0 spiro atoms. The summed E-state index contributed by atoms with van der Waals surface area (Å²) in [5.74, 6) is -2.69. The SMILES string of the molecule is N#Cc1cc(Cl)cc(Oc2c(Cl)ccc(Cc3nn(COC(=O)CCC(=O)O)c4nnccc34)c2F)c1. The zero-order valence-corrected chi connectivity index (χ0v) is 20.3. The zero-order chi connectivity index (χ0) is 26.5. The number of carbonyl (C=O) groups excluding carboxylic acids is 1. The van der Waals surface area contributed by atoms with Gasteiger partial charge in [0.2, 0.25) is 0 Å². The molecule has 0 saturated carbocycles. The maximum atomic E-state index is 15.5. The molecule has 2 aromatic carbocycles. The van der Waals surface area contributed by atoms with Crippen LogP contribution in [0.15, 0.2) is 42.6 Å². The number of rotatable bonds is 9. The molecule has 0 radical (unpaired) electrons. The van der Waals surface area contributed by atoms with Crippen molar-refractivity contribution in [2.24, 2.45) is 0 Å². The predicted molar refractivity (Wildman–Crippen MR) is 129 cm³/mol. The molecule has 4 aromatic rings. The van der Waals surface area contributed by atoms with Crippen molar-refractivity contribution < 1.29 is 28.6 Å². The molecular weight excluding hydrogens is 528 g/mol. The van der Waals surface area contributed by atoms with Gasteiger partial charge in [-0.15, -0.1) is 5.10 Å². The second-order valence-corrected chi connectivity index (χ2v) is 8.51. The summed E-state index contributed by atoms with van der Waals surface area (Å²) >= 11 is 12.2. The van der Waals surface area contributed by atoms with Crippen molar-refractivity contribution in [1.29, 1.82) is 5.26 Å². The molecular formula is C24H16Cl2FN5O5. The van der Waals surface area contributed by atoms with Crippen LogP contribution in [-0.4, -0.2) is 37.0 Å². The van der Waals surface area contributed by atoms with Crippen LogP contribution in [0, 0.1) is 17.1 Å². The first kappa shape index (κ1) is 25.8. The van der Waals surface area contributed by atoms with Crippen molar-refractivity contribution in [2.75, 3.05) is 0 Å². The molecule has 188 valence electrons. The van der Waals surface area contributed by atoms with Crippen LogP contribution in [0.3, 0.4) is 0 Å². The third-order valence-electron chi connectivity index (χ3n) is 5.10. The number of aliphatic carboxylic acids is 1. The van der Waals surface area contributed by atoms with Crippen LogP contribution in [0.5, 0.6) is 11.5 Å². The summed E-state index contributed by atoms with van der Waals surface area (Å²) in [5, 5.41) is 30.9. The maximum absolute atomic E-state index is 15.5. The minimum absolute atomic E-state index is 0.000504. The van der Waals surface area contributed by atoms with Gasteiger partial charge in [-0.2, -0.15) is 15.5 Å². The van der Waals surface area contributed by atoms with Crippen molar-refractivity contribution >= 4 is 46.2 Å². The number of carboxylic acids is 1. The molecule has 0 aliphatic carbocycles. The number of carbonyl (C=O) groups is 2. The van der Waals surface area contributed by atoms with Crippen molar-refractivity contribution in [2.45, 2.75) is 26.0 Å². The molecule has 2 aromatic heterocycles. The first-order valence-corrected chi connectivity index (χ1v) is 11.4. The number of hydrogen-bond acceptors (Lipinski definition) is 8. The van der Waals surface area contributed by atoms with E-state index < -0.39 is 17.8 Å². The van der Waals surface area contributed by atoms with E-state index in [-0.39, 0.29) is 64.3 Å². The summed E-state index contributed by atoms with van der Waals surface area (Å²) in [4.78, 5) is 22.5. The average molecular weight is 544 g/mol. The first-order valence-electron chi connectivity index (χ1n) is 10.6. The van der Waals surface area contributed by atoms with E-state index in [2.05, 4.69) is 15.3 Å². The second-order valence-electron chi connectivity index (χ2n) is 7.67. The van der Waals surface area contributed by atoms with Gasteiger partial charge in [0, 0.05) is 16.8 Å². The first-order chi connectivity index (χ1) is 17.7. The molecule has 2 heterocycles. The highest BCUT2D eigenvalue weighted by molar-refractivity contribution is 6.32. The number of halogens is 3. The lowest BCUT2D eigenvalue weighted by atomic mass is 10.1. The monoisotopic (exact) mass is 543 g/mol. The van der Waals surface area contributed by atoms with Gasteiger partial charge in [0.15, 0.2) is 23.9 Å². The topological polar surface area (TPSA) is 140 Å². The van der Waals surface area contributed by atoms with Gasteiger partial charge >= 0.3 is 11.9 Å². The van der Waals surface area contributed by atoms with E-state index in [4.69, 9.17) is 43.0 Å². The quantitative estimate of drug-likeness (QED) is 0.292. The van der Waals surface area contributed by atoms with Gasteiger partial charge in [-0.25, -0.2) is 9.07 Å². The number of ether oxygens (including phenoxy) is 2. The Morgan fingerprint density at radius 3 is 2.73 bits per heavy atom. The zero-order valence-electron chi connectivity index (χ0n) is 18.8. The van der Waals surface area contributed by atoms with Crippen LogP contribution in [0.1, 0.15) is 29.7 Å². The molecule has 0 saturated heterocycles. The van der Waals surface area contributed by atoms with Crippen LogP contribution in [-0.2, 0) is 27.5 Å². The molecule has 13 heteroatoms. The third kappa shape index (κ3) is 6.11. The van der Waals surface area contributed by atoms with E-state index in [9.17, 15) is 9.59 Å². The molecule has 37 heavy (non-hydrogen) atoms. The fourth-order valence-corrected chi connectivity index (χ4v) is 3.82. The van der Waals surface area contributed by atoms with E-state index in [0.717, 1.165) is 0 Å². The van der Waals surface area contributed by atoms with Gasteiger partial charge in [0.25, 0.3) is 0 Å². The number of fused-ring (bicyclic) bond motifs is 1. The van der Waals surface area contributed by atoms with Gasteiger partial charge in [-0.3, -0.25) is 9.59 Å². The summed E-state index contributed by atoms with van der Waals surface area (Å²) in [6, 6.07) is 10.8. The highest BCUT2D eigenvalue weighted by Crippen LogP contribution is 2.36. The van der Waals surface area contributed by atoms with Gasteiger partial charge in [0.1, 0.15) is 5.75 Å². The minimum atomic E-state index is -1.12. The van der Waals surface area contributed by atoms with Crippen molar-refractivity contribution in [3.05, 3.63) is 75.3 Å². The molecule has 10 nitrogen and oxygen atoms in total. The van der Waals surface area contributed by atoms with E-state index in [1.807, 2.05) is 6.07 Å². The predicted octanol–water partition coefficient (Wildman–Crippen LogP) is 4.89. The molecule has 0 bridgehead atoms. The molecule has 1 N–H and O–H groups in total. The van der Waals surface area contributed by atoms with Crippen LogP contribution < -0.4 is 4.74 Å². The Morgan fingerprint density at radius 2 is 1.97 bits per heavy atom. The largest absolute Gasteiger partial charge is 0.481 e. The summed E-state index contributed by atoms with van der Waals surface area (Å²) in [6.45, 7) is -0.332. The fourth-order valence-electron chi connectivity index (χ4n) is 3.41. The third-order valence-corrected chi connectivity index (χ3v) is 5.61. The van der Waals surface area contributed by atoms with Crippen molar-refractivity contribution in [3.63, 3.8) is 0 Å². The number of nitriles is 1. The number of benzene rings is 2. The Hall–Kier alpha value is -4.27. The summed E-state index contributed by atoms with van der Waals surface area (Å²) in [6.07, 6.45) is 0.779. The normalized spacial score (nSPS) is 10.8. The fraction of sp³-hybridized carbons (Fsp3) is 0.167. The Balaban J connectivity index is 1.60. The molecule has 4 rings (SSSR count). The average Bonchev–Trinajstić information content (AvgIpc) is 3.22. The molecule has 0 amide bonds. The number of nitrogens with zero attached hydrogens (tertiary/aromatic N) is 5. The Kier molecular flexibility index (Phi) is 7.81. The Morgan fingerprint density at radius 1 is 1.16 bits per heavy atom. The van der Waals surface area contributed by atoms with Crippen LogP contribution in [0.2, 0.25) is 10.0 Å². The van der Waals surface area contributed by atoms with Crippen LogP contribution >= 0.6 is 23.2 Å². The highest BCUT2D eigenvalue weighted by Gasteiger charge is 2.20. The Bertz CT molecular complexity index is 1550. The van der Waals surface area contributed by atoms with E-state index in [0.29, 0.717) is 11.1 Å². The van der Waals surface area contributed by atoms with Gasteiger partial charge in [0.05, 0.1) is 41.4 Å². The lowest BCUT2D eigenvalue weighted by Crippen LogP contribution is -2.12. The van der Waals surface area contributed by atoms with E-state index in [1.165, 1.54) is 41.2 Å². The lowest BCUT2D eigenvalue weighted by molar-refractivity contribution is -0.150. The maximum Gasteiger partial charge on any atom is 0.308 e. The van der Waals surface area contributed by atoms with Crippen LogP contribution in [0.4, 0.5) is 4.39 Å². The van der Waals surface area contributed by atoms with Gasteiger partial charge in [-0.1, -0.05) is 29.3 Å². The number of hydrogen-bond donors (Lipinski definition) is 1. The molecule has 0 atom stereocenters. The highest BCUT2D eigenvalue weighted by atomic mass is 35.5. The summed E-state index contributed by atoms with van der Waals surface area (Å²) < 4.78 is 27.5. The van der Waals surface area contributed by atoms with Gasteiger partial charge in [-0.05, 0) is 35.9 Å². The van der Waals surface area contributed by atoms with E-state index >= 15 is 4.39 Å². The summed E-state index contributed by atoms with van der Waals surface area (Å²) in [7, 11) is 0. The summed E-state index contributed by atoms with van der Waals surface area (Å²) in [5.41, 5.74) is 1.13. The Labute approximate surface area is 218 Å². The van der Waals surface area contributed by atoms with Gasteiger partial charge < -0.3 is 14.6 Å². The lowest BCUT2D eigenvalue weighted by Gasteiger charge is -2.12. The number of esters is 1. The standard InChI is InChI=1S/C24H16Cl2FN5O5/c25-15-7-13(11-28)8-16(10-15)37-23-18(26)2-1-14(22(23)27)9-19-17-5-6-29-30-24(17)32(31-19)12-36-21(35)4-3-20(33)34/h1-2,5-8,10H,3-4,9,12H2,(H,33,34). The van der Waals surface area contributed by atoms with Crippen LogP contribution in [0.25, 0.3) is 11.0 Å². The van der Waals surface area contributed by atoms with Crippen molar-refractivity contribution in [1.82, 2.24) is 20.0 Å². The van der Waals surface area contributed by atoms with Crippen molar-refractivity contribution in [3.8, 4) is 17.6 Å². The smallest absolute Gasteiger partial charge is 0.308 e. The second kappa shape index (κ2) is 11.2. The number of aromatic nitrogens is 4. The minimum Gasteiger partial charge on any atom is -0.481 e. The van der Waals surface area contributed by atoms with E-state index in [1.54, 1.807) is 6.07 Å². The molecule has 0 fully saturated rings. The molecule has 0 aliphatic rings.